The monoisotopic (exact) mass is 498 g/mol. The fraction of sp³-hybridized carbons (Fsp3) is 0.394. The Kier molecular flexibility index (Phi) is 9.53. The van der Waals surface area contributed by atoms with Gasteiger partial charge < -0.3 is 9.47 Å². The highest BCUT2D eigenvalue weighted by Crippen LogP contribution is 2.30. The minimum absolute atomic E-state index is 0.0964. The van der Waals surface area contributed by atoms with E-state index in [4.69, 9.17) is 9.47 Å². The Morgan fingerprint density at radius 1 is 0.811 bits per heavy atom. The summed E-state index contributed by atoms with van der Waals surface area (Å²) in [6.45, 7) is 2.25. The number of benzene rings is 3. The van der Waals surface area contributed by atoms with Crippen molar-refractivity contribution in [3.05, 3.63) is 89.0 Å². The summed E-state index contributed by atoms with van der Waals surface area (Å²) in [6, 6.07) is 22.0. The highest BCUT2D eigenvalue weighted by atomic mass is 16.5. The van der Waals surface area contributed by atoms with E-state index in [-0.39, 0.29) is 17.9 Å². The lowest BCUT2D eigenvalue weighted by Gasteiger charge is -2.23. The van der Waals surface area contributed by atoms with Crippen LogP contribution in [0.3, 0.4) is 0 Å². The van der Waals surface area contributed by atoms with Crippen LogP contribution in [0.15, 0.2) is 66.7 Å². The molecule has 0 saturated heterocycles. The van der Waals surface area contributed by atoms with E-state index in [1.54, 1.807) is 6.07 Å². The Hall–Kier alpha value is -3.40. The zero-order chi connectivity index (χ0) is 26.0. The molecule has 0 amide bonds. The van der Waals surface area contributed by atoms with E-state index in [0.29, 0.717) is 17.7 Å². The summed E-state index contributed by atoms with van der Waals surface area (Å²) in [5, 5.41) is 0. The molecule has 0 N–H and O–H groups in total. The van der Waals surface area contributed by atoms with Gasteiger partial charge in [-0.05, 0) is 84.2 Å². The van der Waals surface area contributed by atoms with E-state index < -0.39 is 0 Å². The standard InChI is InChI=1S/C33H38O4/c1-3-4-5-6-7-8-9-24-10-12-25(13-11-24)26-14-16-27(17-15-26)33(35)37-31-21-20-28-22-30(32(34)36-2)19-18-29(28)23-31/h10-17,20-21,23,30H,3-9,18-19,22H2,1-2H3. The van der Waals surface area contributed by atoms with Crippen molar-refractivity contribution in [2.24, 2.45) is 5.92 Å². The molecule has 1 unspecified atom stereocenters. The molecular weight excluding hydrogens is 460 g/mol. The van der Waals surface area contributed by atoms with E-state index in [1.807, 2.05) is 36.4 Å². The Balaban J connectivity index is 1.30. The largest absolute Gasteiger partial charge is 0.469 e. The molecule has 0 spiro atoms. The molecular formula is C33H38O4. The summed E-state index contributed by atoms with van der Waals surface area (Å²) in [5.74, 6) is -0.0935. The van der Waals surface area contributed by atoms with E-state index in [1.165, 1.54) is 51.2 Å². The van der Waals surface area contributed by atoms with Crippen molar-refractivity contribution in [2.45, 2.75) is 71.1 Å². The van der Waals surface area contributed by atoms with Gasteiger partial charge in [0.15, 0.2) is 0 Å². The maximum atomic E-state index is 12.8. The average molecular weight is 499 g/mol. The normalized spacial score (nSPS) is 14.6. The lowest BCUT2D eigenvalue weighted by Crippen LogP contribution is -2.23. The van der Waals surface area contributed by atoms with Crippen LogP contribution in [0.2, 0.25) is 0 Å². The first-order valence-corrected chi connectivity index (χ1v) is 13.7. The van der Waals surface area contributed by atoms with Crippen LogP contribution in [0.4, 0.5) is 0 Å². The molecule has 0 saturated carbocycles. The molecule has 37 heavy (non-hydrogen) atoms. The topological polar surface area (TPSA) is 52.6 Å². The van der Waals surface area contributed by atoms with E-state index in [2.05, 4.69) is 31.2 Å². The number of rotatable bonds is 11. The quantitative estimate of drug-likeness (QED) is 0.154. The molecule has 1 atom stereocenters. The molecule has 0 fully saturated rings. The van der Waals surface area contributed by atoms with Crippen LogP contribution in [0.25, 0.3) is 11.1 Å². The van der Waals surface area contributed by atoms with Crippen molar-refractivity contribution < 1.29 is 19.1 Å². The van der Waals surface area contributed by atoms with Crippen molar-refractivity contribution in [3.8, 4) is 16.9 Å². The molecule has 0 aromatic heterocycles. The summed E-state index contributed by atoms with van der Waals surface area (Å²) in [5.41, 5.74) is 6.37. The molecule has 3 aromatic carbocycles. The summed E-state index contributed by atoms with van der Waals surface area (Å²) in [7, 11) is 1.43. The molecule has 1 aliphatic carbocycles. The Bertz CT molecular complexity index is 1180. The van der Waals surface area contributed by atoms with Crippen molar-refractivity contribution in [2.75, 3.05) is 7.11 Å². The van der Waals surface area contributed by atoms with Gasteiger partial charge in [-0.15, -0.1) is 0 Å². The van der Waals surface area contributed by atoms with Crippen LogP contribution in [0.5, 0.6) is 5.75 Å². The number of fused-ring (bicyclic) bond motifs is 1. The number of ether oxygens (including phenoxy) is 2. The third-order valence-electron chi connectivity index (χ3n) is 7.38. The first kappa shape index (κ1) is 26.7. The number of esters is 2. The highest BCUT2D eigenvalue weighted by Gasteiger charge is 2.25. The van der Waals surface area contributed by atoms with E-state index >= 15 is 0 Å². The lowest BCUT2D eigenvalue weighted by molar-refractivity contribution is -0.145. The maximum absolute atomic E-state index is 12.8. The van der Waals surface area contributed by atoms with Gasteiger partial charge in [-0.25, -0.2) is 4.79 Å². The smallest absolute Gasteiger partial charge is 0.343 e. The predicted octanol–water partition coefficient (Wildman–Crippen LogP) is 7.75. The third-order valence-corrected chi connectivity index (χ3v) is 7.38. The van der Waals surface area contributed by atoms with Gasteiger partial charge in [0, 0.05) is 0 Å². The molecule has 4 heteroatoms. The minimum atomic E-state index is -0.371. The van der Waals surface area contributed by atoms with Crippen molar-refractivity contribution in [3.63, 3.8) is 0 Å². The van der Waals surface area contributed by atoms with Crippen LogP contribution in [-0.2, 0) is 28.8 Å². The zero-order valence-corrected chi connectivity index (χ0v) is 22.1. The summed E-state index contributed by atoms with van der Waals surface area (Å²) in [6.07, 6.45) is 11.2. The molecule has 0 aliphatic heterocycles. The van der Waals surface area contributed by atoms with Crippen LogP contribution in [0, 0.1) is 5.92 Å². The van der Waals surface area contributed by atoms with Gasteiger partial charge in [-0.3, -0.25) is 4.79 Å². The molecule has 1 aliphatic rings. The van der Waals surface area contributed by atoms with Crippen LogP contribution < -0.4 is 4.74 Å². The third kappa shape index (κ3) is 7.31. The second-order valence-electron chi connectivity index (χ2n) is 10.1. The first-order chi connectivity index (χ1) is 18.1. The van der Waals surface area contributed by atoms with Crippen LogP contribution in [-0.4, -0.2) is 19.0 Å². The Morgan fingerprint density at radius 3 is 2.19 bits per heavy atom. The Labute approximate surface area is 221 Å². The van der Waals surface area contributed by atoms with E-state index in [0.717, 1.165) is 41.5 Å². The number of methoxy groups -OCH3 is 1. The lowest BCUT2D eigenvalue weighted by atomic mass is 9.84. The summed E-state index contributed by atoms with van der Waals surface area (Å²) < 4.78 is 10.6. The second kappa shape index (κ2) is 13.2. The number of hydrogen-bond donors (Lipinski definition) is 0. The molecule has 0 radical (unpaired) electrons. The number of unbranched alkanes of at least 4 members (excludes halogenated alkanes) is 5. The van der Waals surface area contributed by atoms with Gasteiger partial charge in [-0.2, -0.15) is 0 Å². The fourth-order valence-corrected chi connectivity index (χ4v) is 5.10. The summed E-state index contributed by atoms with van der Waals surface area (Å²) >= 11 is 0. The number of carbonyl (C=O) groups is 2. The van der Waals surface area contributed by atoms with Crippen LogP contribution in [0.1, 0.15) is 78.9 Å². The van der Waals surface area contributed by atoms with Gasteiger partial charge in [0.1, 0.15) is 5.75 Å². The van der Waals surface area contributed by atoms with Crippen molar-refractivity contribution in [1.29, 1.82) is 0 Å². The van der Waals surface area contributed by atoms with Crippen molar-refractivity contribution >= 4 is 11.9 Å². The van der Waals surface area contributed by atoms with Gasteiger partial charge in [0.05, 0.1) is 18.6 Å². The van der Waals surface area contributed by atoms with Gasteiger partial charge in [0.25, 0.3) is 0 Å². The van der Waals surface area contributed by atoms with E-state index in [9.17, 15) is 9.59 Å². The maximum Gasteiger partial charge on any atom is 0.343 e. The molecule has 0 heterocycles. The molecule has 194 valence electrons. The SMILES string of the molecule is CCCCCCCCc1ccc(-c2ccc(C(=O)Oc3ccc4c(c3)CCC(C(=O)OC)C4)cc2)cc1. The van der Waals surface area contributed by atoms with Gasteiger partial charge >= 0.3 is 11.9 Å². The molecule has 0 bridgehead atoms. The first-order valence-electron chi connectivity index (χ1n) is 13.7. The summed E-state index contributed by atoms with van der Waals surface area (Å²) in [4.78, 5) is 24.6. The number of carbonyl (C=O) groups excluding carboxylic acids is 2. The van der Waals surface area contributed by atoms with Crippen molar-refractivity contribution in [1.82, 2.24) is 0 Å². The predicted molar refractivity (Wildman–Crippen MR) is 148 cm³/mol. The molecule has 4 nitrogen and oxygen atoms in total. The van der Waals surface area contributed by atoms with Gasteiger partial charge in [0.2, 0.25) is 0 Å². The fourth-order valence-electron chi connectivity index (χ4n) is 5.10. The molecule has 3 aromatic rings. The average Bonchev–Trinajstić information content (AvgIpc) is 2.94. The Morgan fingerprint density at radius 2 is 1.49 bits per heavy atom. The number of aryl methyl sites for hydroxylation is 2. The number of hydrogen-bond acceptors (Lipinski definition) is 4. The molecule has 4 rings (SSSR count). The zero-order valence-electron chi connectivity index (χ0n) is 22.1. The minimum Gasteiger partial charge on any atom is -0.469 e. The van der Waals surface area contributed by atoms with Gasteiger partial charge in [-0.1, -0.05) is 81.5 Å². The second-order valence-corrected chi connectivity index (χ2v) is 10.1. The van der Waals surface area contributed by atoms with Crippen LogP contribution >= 0.6 is 0 Å². The highest BCUT2D eigenvalue weighted by molar-refractivity contribution is 5.91.